The van der Waals surface area contributed by atoms with E-state index in [1.165, 1.54) is 0 Å². The Kier molecular flexibility index (Phi) is 2.58. The van der Waals surface area contributed by atoms with Crippen LogP contribution in [0.5, 0.6) is 0 Å². The molecule has 0 saturated carbocycles. The molecule has 1 fully saturated rings. The number of hydrogen-bond donors (Lipinski definition) is 1. The molecule has 0 aromatic heterocycles. The third-order valence-electron chi connectivity index (χ3n) is 2.05. The van der Waals surface area contributed by atoms with Gasteiger partial charge in [-0.05, 0) is 26.7 Å². The predicted octanol–water partition coefficient (Wildman–Crippen LogP) is 1.69. The van der Waals surface area contributed by atoms with Crippen LogP contribution in [0, 0.1) is 5.92 Å². The first-order chi connectivity index (χ1) is 5.05. The summed E-state index contributed by atoms with van der Waals surface area (Å²) in [6.45, 7) is 4.14. The number of hydrogen-bond acceptors (Lipinski definition) is 1. The minimum absolute atomic E-state index is 0.0178. The zero-order valence-electron chi connectivity index (χ0n) is 6.98. The molecule has 3 heteroatoms. The summed E-state index contributed by atoms with van der Waals surface area (Å²) in [5.74, 6) is 0.443. The van der Waals surface area contributed by atoms with Crippen LogP contribution in [-0.4, -0.2) is 16.8 Å². The maximum atomic E-state index is 11.2. The molecule has 1 atom stereocenters. The van der Waals surface area contributed by atoms with Crippen molar-refractivity contribution in [3.8, 4) is 0 Å². The minimum Gasteiger partial charge on any atom is -0.351 e. The van der Waals surface area contributed by atoms with E-state index in [0.29, 0.717) is 0 Å². The molecule has 1 N–H and O–H groups in total. The fraction of sp³-hybridized carbons (Fsp3) is 0.875. The quantitative estimate of drug-likeness (QED) is 0.705. The van der Waals surface area contributed by atoms with Crippen molar-refractivity contribution in [2.24, 2.45) is 5.92 Å². The third kappa shape index (κ3) is 2.19. The summed E-state index contributed by atoms with van der Waals surface area (Å²) in [7, 11) is 0. The molecule has 1 saturated heterocycles. The van der Waals surface area contributed by atoms with Crippen LogP contribution < -0.4 is 5.32 Å². The van der Waals surface area contributed by atoms with E-state index in [-0.39, 0.29) is 17.4 Å². The zero-order valence-corrected chi connectivity index (χ0v) is 8.57. The number of rotatable bonds is 2. The lowest BCUT2D eigenvalue weighted by molar-refractivity contribution is -0.122. The summed E-state index contributed by atoms with van der Waals surface area (Å²) in [6.07, 6.45) is 1.92. The van der Waals surface area contributed by atoms with Crippen LogP contribution in [0.4, 0.5) is 0 Å². The maximum absolute atomic E-state index is 11.2. The van der Waals surface area contributed by atoms with Crippen molar-refractivity contribution in [3.63, 3.8) is 0 Å². The van der Waals surface area contributed by atoms with Gasteiger partial charge in [-0.25, -0.2) is 0 Å². The first kappa shape index (κ1) is 9.04. The second kappa shape index (κ2) is 3.13. The Morgan fingerprint density at radius 2 is 2.36 bits per heavy atom. The third-order valence-corrected chi connectivity index (χ3v) is 2.50. The van der Waals surface area contributed by atoms with Gasteiger partial charge in [0.05, 0.1) is 0 Å². The molecule has 2 nitrogen and oxygen atoms in total. The number of carbonyl (C=O) groups is 1. The highest BCUT2D eigenvalue weighted by Gasteiger charge is 2.36. The van der Waals surface area contributed by atoms with Crippen LogP contribution in [0.2, 0.25) is 0 Å². The van der Waals surface area contributed by atoms with Crippen LogP contribution in [0.15, 0.2) is 0 Å². The predicted molar refractivity (Wildman–Crippen MR) is 48.7 cm³/mol. The molecule has 0 aliphatic carbocycles. The summed E-state index contributed by atoms with van der Waals surface area (Å²) in [5.41, 5.74) is 0.0178. The molecule has 1 unspecified atom stereocenters. The molecular weight excluding hydrogens is 206 g/mol. The van der Waals surface area contributed by atoms with Gasteiger partial charge in [0.15, 0.2) is 0 Å². The van der Waals surface area contributed by atoms with Crippen molar-refractivity contribution in [2.45, 2.75) is 32.2 Å². The van der Waals surface area contributed by atoms with Crippen molar-refractivity contribution in [3.05, 3.63) is 0 Å². The maximum Gasteiger partial charge on any atom is 0.223 e. The van der Waals surface area contributed by atoms with E-state index in [2.05, 4.69) is 35.1 Å². The highest BCUT2D eigenvalue weighted by atomic mass is 79.9. The van der Waals surface area contributed by atoms with E-state index < -0.39 is 0 Å². The van der Waals surface area contributed by atoms with Crippen LogP contribution in [0.1, 0.15) is 26.7 Å². The average molecular weight is 220 g/mol. The number of halogens is 1. The molecule has 64 valence electrons. The van der Waals surface area contributed by atoms with Crippen molar-refractivity contribution in [1.82, 2.24) is 5.32 Å². The van der Waals surface area contributed by atoms with Gasteiger partial charge in [0.1, 0.15) is 0 Å². The van der Waals surface area contributed by atoms with Gasteiger partial charge in [-0.15, -0.1) is 0 Å². The topological polar surface area (TPSA) is 29.1 Å². The number of carbonyl (C=O) groups excluding carboxylic acids is 1. The molecule has 0 aromatic rings. The smallest absolute Gasteiger partial charge is 0.223 e. The molecule has 0 aromatic carbocycles. The number of nitrogens with one attached hydrogen (secondary N) is 1. The number of alkyl halides is 1. The Hall–Kier alpha value is -0.0500. The van der Waals surface area contributed by atoms with E-state index in [4.69, 9.17) is 0 Å². The first-order valence-corrected chi connectivity index (χ1v) is 5.05. The Labute approximate surface area is 75.9 Å². The van der Waals surface area contributed by atoms with Gasteiger partial charge in [0.2, 0.25) is 5.91 Å². The lowest BCUT2D eigenvalue weighted by Gasteiger charge is -2.16. The van der Waals surface area contributed by atoms with Gasteiger partial charge in [-0.2, -0.15) is 0 Å². The molecule has 1 aliphatic heterocycles. The van der Waals surface area contributed by atoms with Gasteiger partial charge in [-0.3, -0.25) is 4.79 Å². The molecule has 11 heavy (non-hydrogen) atoms. The number of amides is 1. The normalized spacial score (nSPS) is 28.6. The SMILES string of the molecule is CC1(C)CC(CCBr)C(=O)N1. The molecule has 0 bridgehead atoms. The van der Waals surface area contributed by atoms with Crippen LogP contribution in [-0.2, 0) is 4.79 Å². The van der Waals surface area contributed by atoms with Gasteiger partial charge in [-0.1, -0.05) is 15.9 Å². The fourth-order valence-corrected chi connectivity index (χ4v) is 2.11. The summed E-state index contributed by atoms with van der Waals surface area (Å²) >= 11 is 3.34. The van der Waals surface area contributed by atoms with E-state index in [0.717, 1.165) is 18.2 Å². The molecule has 1 heterocycles. The lowest BCUT2D eigenvalue weighted by Crippen LogP contribution is -2.34. The Balaban J connectivity index is 2.52. The van der Waals surface area contributed by atoms with E-state index >= 15 is 0 Å². The highest BCUT2D eigenvalue weighted by molar-refractivity contribution is 9.09. The molecule has 0 spiro atoms. The van der Waals surface area contributed by atoms with Crippen molar-refractivity contribution >= 4 is 21.8 Å². The van der Waals surface area contributed by atoms with Gasteiger partial charge in [0, 0.05) is 16.8 Å². The Bertz CT molecular complexity index is 167. The lowest BCUT2D eigenvalue weighted by atomic mass is 9.95. The first-order valence-electron chi connectivity index (χ1n) is 3.93. The van der Waals surface area contributed by atoms with Gasteiger partial charge in [0.25, 0.3) is 0 Å². The van der Waals surface area contributed by atoms with Crippen LogP contribution in [0.25, 0.3) is 0 Å². The van der Waals surface area contributed by atoms with Crippen LogP contribution in [0.3, 0.4) is 0 Å². The molecule has 1 rings (SSSR count). The van der Waals surface area contributed by atoms with Gasteiger partial charge < -0.3 is 5.32 Å². The fourth-order valence-electron chi connectivity index (χ4n) is 1.56. The second-order valence-electron chi connectivity index (χ2n) is 3.75. The average Bonchev–Trinajstić information content (AvgIpc) is 2.07. The van der Waals surface area contributed by atoms with Crippen molar-refractivity contribution in [2.75, 3.05) is 5.33 Å². The largest absolute Gasteiger partial charge is 0.351 e. The molecule has 1 amide bonds. The second-order valence-corrected chi connectivity index (χ2v) is 4.54. The standard InChI is InChI=1S/C8H14BrNO/c1-8(2)5-6(3-4-9)7(11)10-8/h6H,3-5H2,1-2H3,(H,10,11). The molecular formula is C8H14BrNO. The monoisotopic (exact) mass is 219 g/mol. The van der Waals surface area contributed by atoms with E-state index in [1.54, 1.807) is 0 Å². The Morgan fingerprint density at radius 1 is 1.73 bits per heavy atom. The van der Waals surface area contributed by atoms with Gasteiger partial charge >= 0.3 is 0 Å². The van der Waals surface area contributed by atoms with E-state index in [1.807, 2.05) is 0 Å². The molecule has 0 radical (unpaired) electrons. The van der Waals surface area contributed by atoms with Crippen molar-refractivity contribution in [1.29, 1.82) is 0 Å². The summed E-state index contributed by atoms with van der Waals surface area (Å²) < 4.78 is 0. The van der Waals surface area contributed by atoms with Crippen molar-refractivity contribution < 1.29 is 4.79 Å². The summed E-state index contributed by atoms with van der Waals surface area (Å²) in [6, 6.07) is 0. The minimum atomic E-state index is 0.0178. The highest BCUT2D eigenvalue weighted by Crippen LogP contribution is 2.26. The van der Waals surface area contributed by atoms with Crippen LogP contribution >= 0.6 is 15.9 Å². The summed E-state index contributed by atoms with van der Waals surface area (Å²) in [5, 5.41) is 3.89. The van der Waals surface area contributed by atoms with E-state index in [9.17, 15) is 4.79 Å². The summed E-state index contributed by atoms with van der Waals surface area (Å²) in [4.78, 5) is 11.2. The molecule has 1 aliphatic rings. The zero-order chi connectivity index (χ0) is 8.48. The Morgan fingerprint density at radius 3 is 2.73 bits per heavy atom.